The summed E-state index contributed by atoms with van der Waals surface area (Å²) in [6, 6.07) is 12.9. The van der Waals surface area contributed by atoms with Crippen molar-refractivity contribution >= 4 is 53.8 Å². The molecule has 0 saturated heterocycles. The number of carbonyl (C=O) groups is 1. The van der Waals surface area contributed by atoms with Crippen LogP contribution in [0.3, 0.4) is 0 Å². The summed E-state index contributed by atoms with van der Waals surface area (Å²) in [5.41, 5.74) is -0.0296. The summed E-state index contributed by atoms with van der Waals surface area (Å²) in [6.45, 7) is 0. The zero-order valence-electron chi connectivity index (χ0n) is 11.6. The summed E-state index contributed by atoms with van der Waals surface area (Å²) in [5, 5.41) is 3.60. The Morgan fingerprint density at radius 3 is 2.61 bits per heavy atom. The van der Waals surface area contributed by atoms with Crippen molar-refractivity contribution < 1.29 is 13.6 Å². The molecular weight excluding hydrogens is 336 g/mol. The van der Waals surface area contributed by atoms with E-state index in [-0.39, 0.29) is 5.69 Å². The molecule has 0 fully saturated rings. The van der Waals surface area contributed by atoms with Crippen molar-refractivity contribution in [1.82, 2.24) is 0 Å². The molecule has 0 aliphatic carbocycles. The van der Waals surface area contributed by atoms with Crippen LogP contribution in [-0.4, -0.2) is 5.91 Å². The van der Waals surface area contributed by atoms with E-state index in [1.807, 2.05) is 24.3 Å². The molecule has 2 aromatic carbocycles. The molecule has 2 aromatic heterocycles. The largest absolute Gasteiger partial charge is 0.319 e. The van der Waals surface area contributed by atoms with Gasteiger partial charge in [0.2, 0.25) is 0 Å². The van der Waals surface area contributed by atoms with Crippen LogP contribution in [0.2, 0.25) is 0 Å². The van der Waals surface area contributed by atoms with E-state index in [1.54, 1.807) is 17.4 Å². The molecule has 114 valence electrons. The van der Waals surface area contributed by atoms with Crippen LogP contribution in [0.15, 0.2) is 48.5 Å². The Balaban J connectivity index is 1.69. The smallest absolute Gasteiger partial charge is 0.265 e. The van der Waals surface area contributed by atoms with Gasteiger partial charge in [0, 0.05) is 20.9 Å². The highest BCUT2D eigenvalue weighted by molar-refractivity contribution is 7.33. The van der Waals surface area contributed by atoms with Gasteiger partial charge in [0.05, 0.1) is 15.3 Å². The number of thiophene rings is 2. The molecule has 2 heterocycles. The lowest BCUT2D eigenvalue weighted by atomic mass is 10.2. The predicted molar refractivity (Wildman–Crippen MR) is 91.5 cm³/mol. The van der Waals surface area contributed by atoms with Crippen molar-refractivity contribution in [1.29, 1.82) is 0 Å². The van der Waals surface area contributed by atoms with Crippen LogP contribution in [0.5, 0.6) is 0 Å². The molecule has 0 unspecified atom stereocenters. The van der Waals surface area contributed by atoms with Crippen LogP contribution >= 0.6 is 22.7 Å². The van der Waals surface area contributed by atoms with Gasteiger partial charge >= 0.3 is 0 Å². The minimum Gasteiger partial charge on any atom is -0.319 e. The Kier molecular flexibility index (Phi) is 3.36. The van der Waals surface area contributed by atoms with Gasteiger partial charge in [-0.1, -0.05) is 18.2 Å². The standard InChI is InChI=1S/C17H9F2NOS2/c18-9-5-6-12(11(19)7-9)20-17(21)15-8-14-16(23-15)10-3-1-2-4-13(10)22-14/h1-8H,(H,20,21). The van der Waals surface area contributed by atoms with E-state index >= 15 is 0 Å². The summed E-state index contributed by atoms with van der Waals surface area (Å²) >= 11 is 2.99. The predicted octanol–water partition coefficient (Wildman–Crippen LogP) is 5.65. The molecule has 0 aliphatic heterocycles. The van der Waals surface area contributed by atoms with E-state index in [0.717, 1.165) is 26.9 Å². The summed E-state index contributed by atoms with van der Waals surface area (Å²) in [4.78, 5) is 12.8. The Labute approximate surface area is 138 Å². The number of benzene rings is 2. The quantitative estimate of drug-likeness (QED) is 0.500. The lowest BCUT2D eigenvalue weighted by Crippen LogP contribution is -2.11. The molecule has 0 atom stereocenters. The van der Waals surface area contributed by atoms with Gasteiger partial charge in [-0.05, 0) is 24.3 Å². The van der Waals surface area contributed by atoms with Gasteiger partial charge in [0.25, 0.3) is 5.91 Å². The molecule has 23 heavy (non-hydrogen) atoms. The van der Waals surface area contributed by atoms with E-state index in [1.165, 1.54) is 22.1 Å². The van der Waals surface area contributed by atoms with Crippen LogP contribution in [0.1, 0.15) is 9.67 Å². The number of anilines is 1. The number of nitrogens with one attached hydrogen (secondary N) is 1. The van der Waals surface area contributed by atoms with Gasteiger partial charge in [0.15, 0.2) is 0 Å². The Hall–Kier alpha value is -2.31. The van der Waals surface area contributed by atoms with Crippen molar-refractivity contribution in [3.8, 4) is 0 Å². The fourth-order valence-corrected chi connectivity index (χ4v) is 4.81. The first-order chi connectivity index (χ1) is 11.1. The zero-order valence-corrected chi connectivity index (χ0v) is 13.2. The zero-order chi connectivity index (χ0) is 16.0. The molecule has 6 heteroatoms. The second-order valence-electron chi connectivity index (χ2n) is 4.98. The van der Waals surface area contributed by atoms with Gasteiger partial charge in [-0.25, -0.2) is 8.78 Å². The number of carbonyl (C=O) groups excluding carboxylic acids is 1. The maximum atomic E-state index is 13.6. The van der Waals surface area contributed by atoms with Crippen LogP contribution in [0.25, 0.3) is 19.5 Å². The number of hydrogen-bond donors (Lipinski definition) is 1. The molecule has 0 aliphatic rings. The Morgan fingerprint density at radius 1 is 0.957 bits per heavy atom. The number of halogens is 2. The van der Waals surface area contributed by atoms with E-state index in [9.17, 15) is 13.6 Å². The fraction of sp³-hybridized carbons (Fsp3) is 0. The maximum absolute atomic E-state index is 13.6. The summed E-state index contributed by atoms with van der Waals surface area (Å²) in [7, 11) is 0. The van der Waals surface area contributed by atoms with Crippen LogP contribution in [0.4, 0.5) is 14.5 Å². The minimum absolute atomic E-state index is 0.0296. The second-order valence-corrected chi connectivity index (χ2v) is 7.12. The van der Waals surface area contributed by atoms with Gasteiger partial charge in [-0.15, -0.1) is 22.7 Å². The normalized spacial score (nSPS) is 11.2. The molecule has 0 saturated carbocycles. The number of rotatable bonds is 2. The first-order valence-electron chi connectivity index (χ1n) is 6.79. The summed E-state index contributed by atoms with van der Waals surface area (Å²) < 4.78 is 29.8. The molecule has 1 amide bonds. The first-order valence-corrected chi connectivity index (χ1v) is 8.42. The average molecular weight is 345 g/mol. The van der Waals surface area contributed by atoms with Crippen molar-refractivity contribution in [2.24, 2.45) is 0 Å². The van der Waals surface area contributed by atoms with E-state index < -0.39 is 17.5 Å². The fourth-order valence-electron chi connectivity index (χ4n) is 2.39. The van der Waals surface area contributed by atoms with Crippen molar-refractivity contribution in [3.63, 3.8) is 0 Å². The van der Waals surface area contributed by atoms with Crippen molar-refractivity contribution in [2.75, 3.05) is 5.32 Å². The average Bonchev–Trinajstić information content (AvgIpc) is 3.07. The van der Waals surface area contributed by atoms with Crippen LogP contribution in [-0.2, 0) is 0 Å². The number of amides is 1. The lowest BCUT2D eigenvalue weighted by molar-refractivity contribution is 0.103. The van der Waals surface area contributed by atoms with Gasteiger partial charge in [-0.2, -0.15) is 0 Å². The summed E-state index contributed by atoms with van der Waals surface area (Å²) in [5.74, 6) is -1.86. The van der Waals surface area contributed by atoms with Crippen molar-refractivity contribution in [3.05, 3.63) is 65.0 Å². The highest BCUT2D eigenvalue weighted by atomic mass is 32.1. The SMILES string of the molecule is O=C(Nc1ccc(F)cc1F)c1cc2sc3ccccc3c2s1. The van der Waals surface area contributed by atoms with Gasteiger partial charge in [-0.3, -0.25) is 4.79 Å². The first kappa shape index (κ1) is 14.3. The minimum atomic E-state index is -0.790. The van der Waals surface area contributed by atoms with E-state index in [4.69, 9.17) is 0 Å². The maximum Gasteiger partial charge on any atom is 0.265 e. The van der Waals surface area contributed by atoms with Crippen molar-refractivity contribution in [2.45, 2.75) is 0 Å². The molecule has 0 spiro atoms. The molecule has 2 nitrogen and oxygen atoms in total. The topological polar surface area (TPSA) is 29.1 Å². The second kappa shape index (κ2) is 5.40. The Morgan fingerprint density at radius 2 is 1.78 bits per heavy atom. The molecule has 0 bridgehead atoms. The van der Waals surface area contributed by atoms with Crippen LogP contribution < -0.4 is 5.32 Å². The third kappa shape index (κ3) is 2.50. The highest BCUT2D eigenvalue weighted by Crippen LogP contribution is 2.39. The summed E-state index contributed by atoms with van der Waals surface area (Å²) in [6.07, 6.45) is 0. The van der Waals surface area contributed by atoms with Gasteiger partial charge < -0.3 is 5.32 Å². The number of fused-ring (bicyclic) bond motifs is 3. The molecular formula is C17H9F2NOS2. The third-order valence-electron chi connectivity index (χ3n) is 3.45. The van der Waals surface area contributed by atoms with Gasteiger partial charge in [0.1, 0.15) is 11.6 Å². The number of hydrogen-bond acceptors (Lipinski definition) is 3. The molecule has 1 N–H and O–H groups in total. The highest BCUT2D eigenvalue weighted by Gasteiger charge is 2.15. The van der Waals surface area contributed by atoms with E-state index in [0.29, 0.717) is 4.88 Å². The lowest BCUT2D eigenvalue weighted by Gasteiger charge is -2.04. The molecule has 0 radical (unpaired) electrons. The Bertz CT molecular complexity index is 1050. The third-order valence-corrected chi connectivity index (χ3v) is 5.87. The molecule has 4 rings (SSSR count). The monoisotopic (exact) mass is 345 g/mol. The van der Waals surface area contributed by atoms with Crippen LogP contribution in [0, 0.1) is 11.6 Å². The molecule has 4 aromatic rings. The van der Waals surface area contributed by atoms with E-state index in [2.05, 4.69) is 5.32 Å².